The van der Waals surface area contributed by atoms with E-state index in [4.69, 9.17) is 0 Å². The molecule has 0 bridgehead atoms. The van der Waals surface area contributed by atoms with Crippen LogP contribution in [0, 0.1) is 17.3 Å². The van der Waals surface area contributed by atoms with Gasteiger partial charge in [0.25, 0.3) is 0 Å². The van der Waals surface area contributed by atoms with E-state index in [1.54, 1.807) is 13.0 Å². The third-order valence-electron chi connectivity index (χ3n) is 6.34. The number of allylic oxidation sites excluding steroid dienone is 2. The van der Waals surface area contributed by atoms with Gasteiger partial charge in [0, 0.05) is 18.8 Å². The van der Waals surface area contributed by atoms with Gasteiger partial charge in [-0.25, -0.2) is 0 Å². The molecule has 0 saturated carbocycles. The molecule has 0 fully saturated rings. The van der Waals surface area contributed by atoms with E-state index in [9.17, 15) is 14.4 Å². The average molecular weight is 549 g/mol. The molecular formula is C37H56O3. The van der Waals surface area contributed by atoms with E-state index in [1.165, 1.54) is 23.6 Å². The maximum atomic E-state index is 10.8. The third kappa shape index (κ3) is 20.8. The average Bonchev–Trinajstić information content (AvgIpc) is 2.92. The van der Waals surface area contributed by atoms with Crippen LogP contribution in [0.15, 0.2) is 73.8 Å². The zero-order valence-corrected chi connectivity index (χ0v) is 26.9. The maximum Gasteiger partial charge on any atom is 0.134 e. The Morgan fingerprint density at radius 3 is 1.55 bits per heavy atom. The lowest BCUT2D eigenvalue weighted by Gasteiger charge is -2.14. The first-order valence-electron chi connectivity index (χ1n) is 14.6. The number of hydrogen-bond acceptors (Lipinski definition) is 3. The first-order valence-corrected chi connectivity index (χ1v) is 14.6. The standard InChI is InChI=1S/C11H14O.C10H16O2.C10H14.C6H12/c1-3-10-4-6-11(7-5-10)8-9(2)12;1-4-5-8(2)10(7-11)6-9(3)12;1-3-9-7-5-6-8-10(9)4-2;1-5-6(2,3)4/h4-7H,3,8H2,1-2H3;4,7-8,10H,1,5-6H2,2-3H3;5-8H,3-4H2,1-2H3;5H,1H2,2-4H3/t;8-,10?;;/m.0../s1. The van der Waals surface area contributed by atoms with Gasteiger partial charge in [-0.2, -0.15) is 0 Å². The number of hydrogen-bond donors (Lipinski definition) is 0. The topological polar surface area (TPSA) is 51.2 Å². The Kier molecular flexibility index (Phi) is 22.2. The van der Waals surface area contributed by atoms with Crippen molar-refractivity contribution in [1.82, 2.24) is 0 Å². The van der Waals surface area contributed by atoms with Crippen LogP contribution in [0.4, 0.5) is 0 Å². The minimum atomic E-state index is -0.138. The van der Waals surface area contributed by atoms with Crippen molar-refractivity contribution in [2.75, 3.05) is 0 Å². The molecule has 0 spiro atoms. The van der Waals surface area contributed by atoms with Crippen molar-refractivity contribution in [1.29, 1.82) is 0 Å². The van der Waals surface area contributed by atoms with Crippen LogP contribution in [0.5, 0.6) is 0 Å². The van der Waals surface area contributed by atoms with Crippen molar-refractivity contribution in [3.8, 4) is 0 Å². The van der Waals surface area contributed by atoms with Gasteiger partial charge in [-0.15, -0.1) is 13.2 Å². The van der Waals surface area contributed by atoms with Gasteiger partial charge in [0.15, 0.2) is 0 Å². The minimum absolute atomic E-state index is 0.0722. The molecule has 0 N–H and O–H groups in total. The second kappa shape index (κ2) is 22.7. The fourth-order valence-corrected chi connectivity index (χ4v) is 3.58. The number of carbonyl (C=O) groups excluding carboxylic acids is 3. The molecule has 0 radical (unpaired) electrons. The summed E-state index contributed by atoms with van der Waals surface area (Å²) in [5, 5.41) is 0. The Bertz CT molecular complexity index is 970. The van der Waals surface area contributed by atoms with Gasteiger partial charge in [-0.3, -0.25) is 4.79 Å². The Labute approximate surface area is 246 Å². The molecule has 2 rings (SSSR count). The third-order valence-corrected chi connectivity index (χ3v) is 6.34. The van der Waals surface area contributed by atoms with Crippen molar-refractivity contribution in [3.63, 3.8) is 0 Å². The van der Waals surface area contributed by atoms with Crippen molar-refractivity contribution < 1.29 is 14.4 Å². The molecule has 0 aliphatic rings. The van der Waals surface area contributed by atoms with Crippen LogP contribution < -0.4 is 0 Å². The van der Waals surface area contributed by atoms with E-state index in [-0.39, 0.29) is 23.4 Å². The summed E-state index contributed by atoms with van der Waals surface area (Å²) in [7, 11) is 0. The predicted molar refractivity (Wildman–Crippen MR) is 174 cm³/mol. The molecule has 0 aromatic heterocycles. The van der Waals surface area contributed by atoms with Gasteiger partial charge in [0.1, 0.15) is 17.9 Å². The summed E-state index contributed by atoms with van der Waals surface area (Å²) in [6.07, 6.45) is 9.66. The van der Waals surface area contributed by atoms with Gasteiger partial charge in [-0.1, -0.05) is 109 Å². The van der Waals surface area contributed by atoms with Gasteiger partial charge in [0.05, 0.1) is 0 Å². The summed E-state index contributed by atoms with van der Waals surface area (Å²) in [5.74, 6) is 0.381. The molecule has 0 heterocycles. The van der Waals surface area contributed by atoms with E-state index in [0.29, 0.717) is 18.3 Å². The van der Waals surface area contributed by atoms with E-state index in [2.05, 4.69) is 91.1 Å². The highest BCUT2D eigenvalue weighted by molar-refractivity contribution is 5.79. The lowest BCUT2D eigenvalue weighted by atomic mass is 9.88. The summed E-state index contributed by atoms with van der Waals surface area (Å²) < 4.78 is 0. The second-order valence-electron chi connectivity index (χ2n) is 11.3. The summed E-state index contributed by atoms with van der Waals surface area (Å²) >= 11 is 0. The Hall–Kier alpha value is -3.07. The Morgan fingerprint density at radius 1 is 0.800 bits per heavy atom. The van der Waals surface area contributed by atoms with Gasteiger partial charge < -0.3 is 9.59 Å². The van der Waals surface area contributed by atoms with Crippen LogP contribution in [0.3, 0.4) is 0 Å². The van der Waals surface area contributed by atoms with Crippen LogP contribution in [0.1, 0.15) is 97.4 Å². The number of aryl methyl sites for hydroxylation is 3. The van der Waals surface area contributed by atoms with Crippen molar-refractivity contribution in [3.05, 3.63) is 96.1 Å². The molecule has 1 unspecified atom stereocenters. The molecule has 222 valence electrons. The summed E-state index contributed by atoms with van der Waals surface area (Å²) in [5.41, 5.74) is 5.72. The van der Waals surface area contributed by atoms with Crippen LogP contribution >= 0.6 is 0 Å². The molecule has 40 heavy (non-hydrogen) atoms. The zero-order valence-electron chi connectivity index (χ0n) is 26.9. The Morgan fingerprint density at radius 2 is 1.25 bits per heavy atom. The Balaban J connectivity index is 0. The SMILES string of the molecule is C=CC(C)(C)C.C=CC[C@H](C)C(C=O)CC(C)=O.CCc1ccc(CC(C)=O)cc1.CCc1ccccc1CC. The molecule has 3 heteroatoms. The number of carbonyl (C=O) groups is 3. The molecule has 0 amide bonds. The van der Waals surface area contributed by atoms with E-state index in [1.807, 2.05) is 25.1 Å². The summed E-state index contributed by atoms with van der Waals surface area (Å²) in [4.78, 5) is 32.1. The lowest BCUT2D eigenvalue weighted by Crippen LogP contribution is -2.15. The number of Topliss-reactive ketones (excluding diaryl/α,β-unsaturated/α-hetero) is 2. The minimum Gasteiger partial charge on any atom is -0.303 e. The van der Waals surface area contributed by atoms with Crippen LogP contribution in [-0.2, 0) is 40.1 Å². The quantitative estimate of drug-likeness (QED) is 0.208. The highest BCUT2D eigenvalue weighted by Crippen LogP contribution is 2.17. The molecule has 2 aromatic carbocycles. The fraction of sp³-hybridized carbons (Fsp3) is 0.486. The van der Waals surface area contributed by atoms with Crippen LogP contribution in [0.25, 0.3) is 0 Å². The number of benzene rings is 2. The van der Waals surface area contributed by atoms with E-state index in [0.717, 1.165) is 37.5 Å². The predicted octanol–water partition coefficient (Wildman–Crippen LogP) is 9.40. The summed E-state index contributed by atoms with van der Waals surface area (Å²) in [6.45, 7) is 25.2. The van der Waals surface area contributed by atoms with Gasteiger partial charge >= 0.3 is 0 Å². The zero-order chi connectivity index (χ0) is 31.1. The fourth-order valence-electron chi connectivity index (χ4n) is 3.58. The first-order chi connectivity index (χ1) is 18.8. The highest BCUT2D eigenvalue weighted by atomic mass is 16.1. The molecule has 0 saturated heterocycles. The largest absolute Gasteiger partial charge is 0.303 e. The second-order valence-corrected chi connectivity index (χ2v) is 11.3. The molecular weight excluding hydrogens is 492 g/mol. The monoisotopic (exact) mass is 548 g/mol. The molecule has 2 aromatic rings. The molecule has 0 aliphatic heterocycles. The normalized spacial score (nSPS) is 11.5. The van der Waals surface area contributed by atoms with E-state index < -0.39 is 0 Å². The van der Waals surface area contributed by atoms with Gasteiger partial charge in [0.2, 0.25) is 0 Å². The maximum absolute atomic E-state index is 10.8. The molecule has 3 nitrogen and oxygen atoms in total. The molecule has 0 aliphatic carbocycles. The van der Waals surface area contributed by atoms with Crippen LogP contribution in [-0.4, -0.2) is 17.9 Å². The number of rotatable bonds is 11. The number of aldehydes is 1. The lowest BCUT2D eigenvalue weighted by molar-refractivity contribution is -0.122. The molecule has 2 atom stereocenters. The number of ketones is 2. The van der Waals surface area contributed by atoms with Crippen molar-refractivity contribution in [2.24, 2.45) is 17.3 Å². The van der Waals surface area contributed by atoms with Crippen molar-refractivity contribution >= 4 is 17.9 Å². The van der Waals surface area contributed by atoms with Crippen LogP contribution in [0.2, 0.25) is 0 Å². The van der Waals surface area contributed by atoms with Gasteiger partial charge in [-0.05, 0) is 73.1 Å². The smallest absolute Gasteiger partial charge is 0.134 e. The van der Waals surface area contributed by atoms with Crippen molar-refractivity contribution in [2.45, 2.75) is 101 Å². The van der Waals surface area contributed by atoms with E-state index >= 15 is 0 Å². The highest BCUT2D eigenvalue weighted by Gasteiger charge is 2.16. The first kappa shape index (κ1) is 39.1. The summed E-state index contributed by atoms with van der Waals surface area (Å²) in [6, 6.07) is 16.9.